The monoisotopic (exact) mass is 293 g/mol. The quantitative estimate of drug-likeness (QED) is 0.880. The molecule has 100 valence electrons. The van der Waals surface area contributed by atoms with Gasteiger partial charge in [0.1, 0.15) is 5.01 Å². The molecule has 0 saturated carbocycles. The van der Waals surface area contributed by atoms with Crippen LogP contribution in [0.3, 0.4) is 0 Å². The van der Waals surface area contributed by atoms with Crippen LogP contribution < -0.4 is 5.32 Å². The molecule has 0 atom stereocenters. The third kappa shape index (κ3) is 3.78. The van der Waals surface area contributed by atoms with Crippen LogP contribution in [0, 0.1) is 20.8 Å². The van der Waals surface area contributed by atoms with Gasteiger partial charge >= 0.3 is 0 Å². The van der Waals surface area contributed by atoms with Crippen molar-refractivity contribution in [2.75, 3.05) is 11.1 Å². The van der Waals surface area contributed by atoms with Crippen molar-refractivity contribution in [3.8, 4) is 0 Å². The Labute approximate surface area is 120 Å². The Balaban J connectivity index is 1.92. The van der Waals surface area contributed by atoms with Crippen molar-refractivity contribution in [1.82, 2.24) is 10.2 Å². The van der Waals surface area contributed by atoms with E-state index in [1.807, 2.05) is 39.0 Å². The Hall–Kier alpha value is -1.40. The van der Waals surface area contributed by atoms with Gasteiger partial charge in [0.05, 0.1) is 5.75 Å². The second-order valence-corrected chi connectivity index (χ2v) is 6.58. The van der Waals surface area contributed by atoms with Gasteiger partial charge in [0.2, 0.25) is 5.91 Å². The average molecular weight is 293 g/mol. The zero-order valence-electron chi connectivity index (χ0n) is 11.1. The summed E-state index contributed by atoms with van der Waals surface area (Å²) in [7, 11) is 0. The summed E-state index contributed by atoms with van der Waals surface area (Å²) in [5, 5.41) is 11.7. The number of rotatable bonds is 4. The number of hydrogen-bond donors (Lipinski definition) is 1. The van der Waals surface area contributed by atoms with Gasteiger partial charge in [0.15, 0.2) is 4.34 Å². The van der Waals surface area contributed by atoms with E-state index < -0.39 is 0 Å². The minimum Gasteiger partial charge on any atom is -0.325 e. The van der Waals surface area contributed by atoms with E-state index in [9.17, 15) is 4.79 Å². The van der Waals surface area contributed by atoms with Crippen LogP contribution >= 0.6 is 23.1 Å². The largest absolute Gasteiger partial charge is 0.325 e. The van der Waals surface area contributed by atoms with Crippen LogP contribution in [-0.4, -0.2) is 21.9 Å². The molecule has 0 aliphatic heterocycles. The molecule has 0 bridgehead atoms. The van der Waals surface area contributed by atoms with E-state index in [-0.39, 0.29) is 5.91 Å². The fourth-order valence-electron chi connectivity index (χ4n) is 1.54. The van der Waals surface area contributed by atoms with Crippen LogP contribution in [0.15, 0.2) is 22.5 Å². The van der Waals surface area contributed by atoms with Gasteiger partial charge in [-0.25, -0.2) is 0 Å². The van der Waals surface area contributed by atoms with Crippen LogP contribution in [-0.2, 0) is 4.79 Å². The number of anilines is 1. The van der Waals surface area contributed by atoms with E-state index in [0.717, 1.165) is 20.6 Å². The summed E-state index contributed by atoms with van der Waals surface area (Å²) in [6, 6.07) is 5.89. The summed E-state index contributed by atoms with van der Waals surface area (Å²) in [6.45, 7) is 5.94. The molecule has 0 unspecified atom stereocenters. The lowest BCUT2D eigenvalue weighted by Gasteiger charge is -2.09. The van der Waals surface area contributed by atoms with E-state index in [1.165, 1.54) is 28.7 Å². The molecule has 2 aromatic rings. The first-order valence-corrected chi connectivity index (χ1v) is 7.65. The van der Waals surface area contributed by atoms with E-state index in [4.69, 9.17) is 0 Å². The number of nitrogens with one attached hydrogen (secondary N) is 1. The number of carbonyl (C=O) groups is 1. The van der Waals surface area contributed by atoms with E-state index in [2.05, 4.69) is 15.5 Å². The first kappa shape index (κ1) is 14.0. The molecule has 0 aliphatic rings. The molecule has 1 N–H and O–H groups in total. The standard InChI is InChI=1S/C13H15N3OS2/c1-8-5-4-6-11(9(8)2)14-12(17)7-18-13-16-15-10(3)19-13/h4-6H,7H2,1-3H3,(H,14,17). The molecule has 0 aliphatic carbocycles. The number of nitrogens with zero attached hydrogens (tertiary/aromatic N) is 2. The van der Waals surface area contributed by atoms with Crippen molar-refractivity contribution in [2.45, 2.75) is 25.1 Å². The first-order valence-electron chi connectivity index (χ1n) is 5.85. The highest BCUT2D eigenvalue weighted by Crippen LogP contribution is 2.23. The number of carbonyl (C=O) groups excluding carboxylic acids is 1. The maximum atomic E-state index is 11.9. The van der Waals surface area contributed by atoms with Crippen LogP contribution in [0.4, 0.5) is 5.69 Å². The normalized spacial score (nSPS) is 10.5. The summed E-state index contributed by atoms with van der Waals surface area (Å²) in [5.74, 6) is 0.328. The smallest absolute Gasteiger partial charge is 0.234 e. The summed E-state index contributed by atoms with van der Waals surface area (Å²) in [6.07, 6.45) is 0. The van der Waals surface area contributed by atoms with Gasteiger partial charge in [-0.15, -0.1) is 10.2 Å². The topological polar surface area (TPSA) is 54.9 Å². The van der Waals surface area contributed by atoms with Gasteiger partial charge in [-0.05, 0) is 38.0 Å². The van der Waals surface area contributed by atoms with Crippen molar-refractivity contribution in [3.63, 3.8) is 0 Å². The van der Waals surface area contributed by atoms with Gasteiger partial charge in [0.25, 0.3) is 0 Å². The molecule has 0 saturated heterocycles. The Morgan fingerprint density at radius 2 is 2.11 bits per heavy atom. The van der Waals surface area contributed by atoms with Crippen LogP contribution in [0.2, 0.25) is 0 Å². The zero-order chi connectivity index (χ0) is 13.8. The van der Waals surface area contributed by atoms with Crippen molar-refractivity contribution in [2.24, 2.45) is 0 Å². The molecule has 0 spiro atoms. The maximum absolute atomic E-state index is 11.9. The van der Waals surface area contributed by atoms with Crippen LogP contribution in [0.25, 0.3) is 0 Å². The van der Waals surface area contributed by atoms with Gasteiger partial charge in [-0.1, -0.05) is 35.2 Å². The first-order chi connectivity index (χ1) is 9.06. The average Bonchev–Trinajstić information content (AvgIpc) is 2.78. The minimum atomic E-state index is -0.0217. The molecule has 2 rings (SSSR count). The number of aryl methyl sites for hydroxylation is 2. The fourth-order valence-corrected chi connectivity index (χ4v) is 3.15. The Morgan fingerprint density at radius 3 is 2.79 bits per heavy atom. The van der Waals surface area contributed by atoms with E-state index in [0.29, 0.717) is 5.75 Å². The molecular formula is C13H15N3OS2. The Kier molecular flexibility index (Phi) is 4.55. The lowest BCUT2D eigenvalue weighted by molar-refractivity contribution is -0.113. The lowest BCUT2D eigenvalue weighted by atomic mass is 10.1. The molecule has 19 heavy (non-hydrogen) atoms. The maximum Gasteiger partial charge on any atom is 0.234 e. The molecule has 1 aromatic heterocycles. The third-order valence-corrected chi connectivity index (χ3v) is 4.68. The highest BCUT2D eigenvalue weighted by atomic mass is 32.2. The van der Waals surface area contributed by atoms with Gasteiger partial charge in [-0.3, -0.25) is 4.79 Å². The number of hydrogen-bond acceptors (Lipinski definition) is 5. The molecule has 6 heteroatoms. The van der Waals surface area contributed by atoms with Crippen molar-refractivity contribution in [3.05, 3.63) is 34.3 Å². The molecular weight excluding hydrogens is 278 g/mol. The molecule has 0 radical (unpaired) electrons. The number of amides is 1. The molecule has 1 aromatic carbocycles. The van der Waals surface area contributed by atoms with Crippen molar-refractivity contribution >= 4 is 34.7 Å². The summed E-state index contributed by atoms with van der Waals surface area (Å²) in [4.78, 5) is 11.9. The Bertz CT molecular complexity index is 595. The summed E-state index contributed by atoms with van der Waals surface area (Å²) < 4.78 is 0.827. The SMILES string of the molecule is Cc1nnc(SCC(=O)Nc2cccc(C)c2C)s1. The molecule has 4 nitrogen and oxygen atoms in total. The summed E-state index contributed by atoms with van der Waals surface area (Å²) in [5.41, 5.74) is 3.15. The second-order valence-electron chi connectivity index (χ2n) is 4.17. The highest BCUT2D eigenvalue weighted by Gasteiger charge is 2.08. The zero-order valence-corrected chi connectivity index (χ0v) is 12.7. The second kappa shape index (κ2) is 6.16. The predicted octanol–water partition coefficient (Wildman–Crippen LogP) is 3.19. The predicted molar refractivity (Wildman–Crippen MR) is 79.9 cm³/mol. The van der Waals surface area contributed by atoms with E-state index in [1.54, 1.807) is 0 Å². The highest BCUT2D eigenvalue weighted by molar-refractivity contribution is 8.01. The molecule has 0 fully saturated rings. The minimum absolute atomic E-state index is 0.0217. The van der Waals surface area contributed by atoms with Gasteiger partial charge in [-0.2, -0.15) is 0 Å². The van der Waals surface area contributed by atoms with Crippen LogP contribution in [0.1, 0.15) is 16.1 Å². The molecule has 1 amide bonds. The van der Waals surface area contributed by atoms with Crippen molar-refractivity contribution in [1.29, 1.82) is 0 Å². The number of aromatic nitrogens is 2. The molecule has 1 heterocycles. The van der Waals surface area contributed by atoms with Crippen LogP contribution in [0.5, 0.6) is 0 Å². The summed E-state index contributed by atoms with van der Waals surface area (Å²) >= 11 is 2.91. The number of thioether (sulfide) groups is 1. The van der Waals surface area contributed by atoms with E-state index >= 15 is 0 Å². The van der Waals surface area contributed by atoms with Gasteiger partial charge < -0.3 is 5.32 Å². The Morgan fingerprint density at radius 1 is 1.32 bits per heavy atom. The van der Waals surface area contributed by atoms with Gasteiger partial charge in [0, 0.05) is 5.69 Å². The fraction of sp³-hybridized carbons (Fsp3) is 0.308. The van der Waals surface area contributed by atoms with Crippen molar-refractivity contribution < 1.29 is 4.79 Å². The third-order valence-electron chi connectivity index (χ3n) is 2.71. The lowest BCUT2D eigenvalue weighted by Crippen LogP contribution is -2.15. The number of benzene rings is 1.